The van der Waals surface area contributed by atoms with Gasteiger partial charge in [0.1, 0.15) is 0 Å². The summed E-state index contributed by atoms with van der Waals surface area (Å²) < 4.78 is 0. The molecule has 0 saturated heterocycles. The first-order valence-corrected chi connectivity index (χ1v) is 7.71. The van der Waals surface area contributed by atoms with Crippen LogP contribution < -0.4 is 4.90 Å². The van der Waals surface area contributed by atoms with Crippen LogP contribution in [0.15, 0.2) is 48.5 Å². The molecule has 21 heavy (non-hydrogen) atoms. The van der Waals surface area contributed by atoms with Crippen LogP contribution in [0.5, 0.6) is 0 Å². The second kappa shape index (κ2) is 5.72. The van der Waals surface area contributed by atoms with Crippen LogP contribution in [-0.2, 0) is 6.42 Å². The van der Waals surface area contributed by atoms with E-state index in [1.165, 1.54) is 16.9 Å². The molecule has 1 aliphatic heterocycles. The summed E-state index contributed by atoms with van der Waals surface area (Å²) in [6.45, 7) is 4.17. The Morgan fingerprint density at radius 1 is 1.14 bits per heavy atom. The Balaban J connectivity index is 1.98. The SMILES string of the molecule is CCC(=O)c1ccc(N2c3ccccc3CCC2C)cc1. The summed E-state index contributed by atoms with van der Waals surface area (Å²) in [6.07, 6.45) is 2.86. The third-order valence-corrected chi connectivity index (χ3v) is 4.31. The summed E-state index contributed by atoms with van der Waals surface area (Å²) in [5.41, 5.74) is 4.68. The van der Waals surface area contributed by atoms with Gasteiger partial charge in [0, 0.05) is 29.4 Å². The molecule has 1 heterocycles. The summed E-state index contributed by atoms with van der Waals surface area (Å²) in [5.74, 6) is 0.202. The molecular formula is C19H21NO. The van der Waals surface area contributed by atoms with Gasteiger partial charge in [0.25, 0.3) is 0 Å². The van der Waals surface area contributed by atoms with Crippen molar-refractivity contribution in [1.29, 1.82) is 0 Å². The van der Waals surface area contributed by atoms with Gasteiger partial charge in [-0.05, 0) is 55.7 Å². The number of hydrogen-bond acceptors (Lipinski definition) is 2. The lowest BCUT2D eigenvalue weighted by molar-refractivity contribution is 0.0988. The Morgan fingerprint density at radius 2 is 1.86 bits per heavy atom. The number of carbonyl (C=O) groups is 1. The zero-order valence-electron chi connectivity index (χ0n) is 12.7. The average Bonchev–Trinajstić information content (AvgIpc) is 2.54. The number of Topliss-reactive ketones (excluding diaryl/α,β-unsaturated/α-hetero) is 1. The summed E-state index contributed by atoms with van der Waals surface area (Å²) in [5, 5.41) is 0. The molecule has 0 aliphatic carbocycles. The molecule has 0 N–H and O–H groups in total. The number of hydrogen-bond donors (Lipinski definition) is 0. The van der Waals surface area contributed by atoms with E-state index in [1.54, 1.807) is 0 Å². The fourth-order valence-electron chi connectivity index (χ4n) is 3.09. The Morgan fingerprint density at radius 3 is 2.57 bits per heavy atom. The van der Waals surface area contributed by atoms with Crippen molar-refractivity contribution in [3.05, 3.63) is 59.7 Å². The number of ketones is 1. The lowest BCUT2D eigenvalue weighted by Gasteiger charge is -2.37. The number of anilines is 2. The molecule has 1 atom stereocenters. The van der Waals surface area contributed by atoms with Crippen molar-refractivity contribution in [2.24, 2.45) is 0 Å². The minimum atomic E-state index is 0.202. The van der Waals surface area contributed by atoms with Gasteiger partial charge in [-0.2, -0.15) is 0 Å². The Labute approximate surface area is 126 Å². The van der Waals surface area contributed by atoms with E-state index in [-0.39, 0.29) is 5.78 Å². The Bertz CT molecular complexity index is 645. The highest BCUT2D eigenvalue weighted by Crippen LogP contribution is 2.36. The minimum absolute atomic E-state index is 0.202. The van der Waals surface area contributed by atoms with Crippen molar-refractivity contribution in [1.82, 2.24) is 0 Å². The highest BCUT2D eigenvalue weighted by Gasteiger charge is 2.23. The number of rotatable bonds is 3. The highest BCUT2D eigenvalue weighted by atomic mass is 16.1. The van der Waals surface area contributed by atoms with Gasteiger partial charge in [-0.1, -0.05) is 25.1 Å². The second-order valence-corrected chi connectivity index (χ2v) is 5.71. The summed E-state index contributed by atoms with van der Waals surface area (Å²) >= 11 is 0. The largest absolute Gasteiger partial charge is 0.338 e. The van der Waals surface area contributed by atoms with Gasteiger partial charge >= 0.3 is 0 Å². The van der Waals surface area contributed by atoms with Crippen LogP contribution in [0.3, 0.4) is 0 Å². The molecule has 0 aromatic heterocycles. The quantitative estimate of drug-likeness (QED) is 0.755. The van der Waals surface area contributed by atoms with E-state index in [1.807, 2.05) is 19.1 Å². The summed E-state index contributed by atoms with van der Waals surface area (Å²) in [6, 6.07) is 17.1. The Hall–Kier alpha value is -2.09. The van der Waals surface area contributed by atoms with Crippen molar-refractivity contribution in [2.45, 2.75) is 39.2 Å². The molecule has 0 spiro atoms. The van der Waals surface area contributed by atoms with E-state index in [0.29, 0.717) is 12.5 Å². The molecule has 2 aromatic rings. The smallest absolute Gasteiger partial charge is 0.162 e. The van der Waals surface area contributed by atoms with Crippen LogP contribution in [-0.4, -0.2) is 11.8 Å². The Kier molecular flexibility index (Phi) is 3.78. The van der Waals surface area contributed by atoms with Crippen molar-refractivity contribution < 1.29 is 4.79 Å². The molecule has 1 unspecified atom stereocenters. The molecule has 0 saturated carbocycles. The van der Waals surface area contributed by atoms with Gasteiger partial charge in [0.15, 0.2) is 5.78 Å². The zero-order chi connectivity index (χ0) is 14.8. The van der Waals surface area contributed by atoms with Crippen molar-refractivity contribution in [3.63, 3.8) is 0 Å². The average molecular weight is 279 g/mol. The van der Waals surface area contributed by atoms with Crippen LogP contribution in [0, 0.1) is 0 Å². The topological polar surface area (TPSA) is 20.3 Å². The molecule has 1 aliphatic rings. The molecular weight excluding hydrogens is 258 g/mol. The molecule has 0 radical (unpaired) electrons. The van der Waals surface area contributed by atoms with Gasteiger partial charge in [-0.25, -0.2) is 0 Å². The van der Waals surface area contributed by atoms with E-state index >= 15 is 0 Å². The van der Waals surface area contributed by atoms with Gasteiger partial charge in [0.2, 0.25) is 0 Å². The number of nitrogens with zero attached hydrogens (tertiary/aromatic N) is 1. The second-order valence-electron chi connectivity index (χ2n) is 5.71. The molecule has 0 fully saturated rings. The van der Waals surface area contributed by atoms with E-state index in [2.05, 4.69) is 48.2 Å². The van der Waals surface area contributed by atoms with Crippen molar-refractivity contribution in [2.75, 3.05) is 4.90 Å². The lowest BCUT2D eigenvalue weighted by Crippen LogP contribution is -2.33. The summed E-state index contributed by atoms with van der Waals surface area (Å²) in [4.78, 5) is 14.1. The standard InChI is InChI=1S/C19H21NO/c1-3-19(21)16-10-12-17(13-11-16)20-14(2)8-9-15-6-4-5-7-18(15)20/h4-7,10-14H,3,8-9H2,1-2H3. The third-order valence-electron chi connectivity index (χ3n) is 4.31. The van der Waals surface area contributed by atoms with Crippen molar-refractivity contribution in [3.8, 4) is 0 Å². The van der Waals surface area contributed by atoms with E-state index < -0.39 is 0 Å². The van der Waals surface area contributed by atoms with E-state index in [0.717, 1.165) is 18.4 Å². The first-order valence-electron chi connectivity index (χ1n) is 7.71. The van der Waals surface area contributed by atoms with Crippen LogP contribution in [0.4, 0.5) is 11.4 Å². The minimum Gasteiger partial charge on any atom is -0.338 e. The van der Waals surface area contributed by atoms with Gasteiger partial charge in [-0.15, -0.1) is 0 Å². The molecule has 0 bridgehead atoms. The molecule has 2 nitrogen and oxygen atoms in total. The molecule has 3 rings (SSSR count). The maximum atomic E-state index is 11.8. The number of para-hydroxylation sites is 1. The van der Waals surface area contributed by atoms with Crippen LogP contribution in [0.25, 0.3) is 0 Å². The molecule has 108 valence electrons. The molecule has 0 amide bonds. The lowest BCUT2D eigenvalue weighted by atomic mass is 9.95. The maximum absolute atomic E-state index is 11.8. The van der Waals surface area contributed by atoms with E-state index in [4.69, 9.17) is 0 Å². The summed E-state index contributed by atoms with van der Waals surface area (Å²) in [7, 11) is 0. The van der Waals surface area contributed by atoms with Crippen molar-refractivity contribution >= 4 is 17.2 Å². The highest BCUT2D eigenvalue weighted by molar-refractivity contribution is 5.96. The third kappa shape index (κ3) is 2.58. The number of fused-ring (bicyclic) bond motifs is 1. The molecule has 2 aromatic carbocycles. The van der Waals surface area contributed by atoms with Gasteiger partial charge < -0.3 is 4.90 Å². The predicted octanol–water partition coefficient (Wildman–Crippen LogP) is 4.75. The number of carbonyl (C=O) groups excluding carboxylic acids is 1. The van der Waals surface area contributed by atoms with Gasteiger partial charge in [-0.3, -0.25) is 4.79 Å². The van der Waals surface area contributed by atoms with Crippen LogP contribution >= 0.6 is 0 Å². The fraction of sp³-hybridized carbons (Fsp3) is 0.316. The number of benzene rings is 2. The first-order chi connectivity index (χ1) is 10.2. The normalized spacial score (nSPS) is 17.4. The first kappa shape index (κ1) is 13.9. The van der Waals surface area contributed by atoms with E-state index in [9.17, 15) is 4.79 Å². The monoisotopic (exact) mass is 279 g/mol. The van der Waals surface area contributed by atoms with Crippen LogP contribution in [0.1, 0.15) is 42.6 Å². The maximum Gasteiger partial charge on any atom is 0.162 e. The predicted molar refractivity (Wildman–Crippen MR) is 87.4 cm³/mol. The molecule has 2 heteroatoms. The fourth-order valence-corrected chi connectivity index (χ4v) is 3.09. The van der Waals surface area contributed by atoms with Crippen LogP contribution in [0.2, 0.25) is 0 Å². The zero-order valence-corrected chi connectivity index (χ0v) is 12.7. The number of aryl methyl sites for hydroxylation is 1. The van der Waals surface area contributed by atoms with Gasteiger partial charge in [0.05, 0.1) is 0 Å².